The van der Waals surface area contributed by atoms with Crippen LogP contribution in [0.15, 0.2) is 65.4 Å². The molecule has 2 heterocycles. The van der Waals surface area contributed by atoms with E-state index in [1.807, 2.05) is 0 Å². The summed E-state index contributed by atoms with van der Waals surface area (Å²) >= 11 is 1.37. The normalized spacial score (nSPS) is 11.4. The summed E-state index contributed by atoms with van der Waals surface area (Å²) in [6, 6.07) is 10.1. The molecule has 0 saturated carbocycles. The number of aromatic nitrogens is 2. The molecule has 0 aliphatic rings. The number of benzene rings is 3. The third-order valence-electron chi connectivity index (χ3n) is 6.02. The molecule has 3 aromatic carbocycles. The van der Waals surface area contributed by atoms with Gasteiger partial charge in [0.2, 0.25) is 0 Å². The molecule has 0 radical (unpaired) electrons. The van der Waals surface area contributed by atoms with Crippen molar-refractivity contribution < 1.29 is 31.5 Å². The Labute approximate surface area is 227 Å². The molecule has 4 N–H and O–H groups in total. The van der Waals surface area contributed by atoms with Crippen LogP contribution < -0.4 is 16.0 Å². The summed E-state index contributed by atoms with van der Waals surface area (Å²) in [7, 11) is 0. The van der Waals surface area contributed by atoms with Crippen LogP contribution in [0.25, 0.3) is 22.0 Å². The van der Waals surface area contributed by atoms with Gasteiger partial charge in [-0.05, 0) is 65.9 Å². The molecule has 0 atom stereocenters. The van der Waals surface area contributed by atoms with Gasteiger partial charge in [0.1, 0.15) is 11.3 Å². The number of alkyl halides is 3. The minimum atomic E-state index is -4.71. The van der Waals surface area contributed by atoms with Gasteiger partial charge in [0.15, 0.2) is 11.6 Å². The van der Waals surface area contributed by atoms with E-state index in [1.165, 1.54) is 29.5 Å². The number of halogens is 5. The first-order valence-electron chi connectivity index (χ1n) is 11.6. The van der Waals surface area contributed by atoms with Gasteiger partial charge in [-0.15, -0.1) is 0 Å². The quantitative estimate of drug-likeness (QED) is 0.162. The van der Waals surface area contributed by atoms with Crippen LogP contribution in [0.4, 0.5) is 43.9 Å². The Balaban J connectivity index is 1.33. The number of aryl methyl sites for hydroxylation is 1. The Hall–Kier alpha value is -4.78. The highest BCUT2D eigenvalue weighted by Gasteiger charge is 2.31. The van der Waals surface area contributed by atoms with Crippen LogP contribution >= 0.6 is 11.3 Å². The molecule has 0 aliphatic carbocycles. The summed E-state index contributed by atoms with van der Waals surface area (Å²) in [6.45, 7) is 1.63. The summed E-state index contributed by atoms with van der Waals surface area (Å²) < 4.78 is 68.2. The Morgan fingerprint density at radius 2 is 1.70 bits per heavy atom. The molecule has 0 fully saturated rings. The Morgan fingerprint density at radius 3 is 2.40 bits per heavy atom. The van der Waals surface area contributed by atoms with Crippen molar-refractivity contribution in [1.82, 2.24) is 10.2 Å². The van der Waals surface area contributed by atoms with Crippen molar-refractivity contribution >= 4 is 51.4 Å². The smallest absolute Gasteiger partial charge is 0.307 e. The molecule has 0 aliphatic heterocycles. The van der Waals surface area contributed by atoms with Crippen LogP contribution in [0.2, 0.25) is 0 Å². The summed E-state index contributed by atoms with van der Waals surface area (Å²) in [5.41, 5.74) is 0.249. The zero-order valence-electron chi connectivity index (χ0n) is 20.4. The fourth-order valence-electron chi connectivity index (χ4n) is 3.99. The number of amides is 3. The molecule has 0 bridgehead atoms. The van der Waals surface area contributed by atoms with E-state index in [1.54, 1.807) is 35.9 Å². The number of rotatable bonds is 5. The fourth-order valence-corrected chi connectivity index (χ4v) is 4.63. The highest BCUT2D eigenvalue weighted by atomic mass is 32.1. The van der Waals surface area contributed by atoms with Crippen LogP contribution in [-0.2, 0) is 6.18 Å². The average molecular weight is 572 g/mol. The topological polar surface area (TPSA) is 98.9 Å². The second-order valence-electron chi connectivity index (χ2n) is 8.69. The number of hydrogen-bond donors (Lipinski definition) is 4. The van der Waals surface area contributed by atoms with Crippen LogP contribution in [-0.4, -0.2) is 22.1 Å². The number of nitrogens with one attached hydrogen (secondary N) is 4. The second kappa shape index (κ2) is 10.4. The zero-order valence-corrected chi connectivity index (χ0v) is 21.2. The third kappa shape index (κ3) is 5.36. The van der Waals surface area contributed by atoms with Crippen molar-refractivity contribution in [3.8, 4) is 11.1 Å². The average Bonchev–Trinajstić information content (AvgIpc) is 3.57. The van der Waals surface area contributed by atoms with Gasteiger partial charge in [0.05, 0.1) is 16.8 Å². The number of carbonyl (C=O) groups is 2. The lowest BCUT2D eigenvalue weighted by molar-refractivity contribution is -0.137. The Bertz CT molecular complexity index is 1750. The molecular weight excluding hydrogens is 553 g/mol. The van der Waals surface area contributed by atoms with Crippen molar-refractivity contribution in [1.29, 1.82) is 0 Å². The summed E-state index contributed by atoms with van der Waals surface area (Å²) in [6.07, 6.45) is -4.71. The lowest BCUT2D eigenvalue weighted by atomic mass is 10.0. The SMILES string of the molecule is Cc1cc(-c2ccc3c(NC(=O)c4ccsc4)n[nH]c3c2F)ccc1NC(=O)Nc1cc(C(F)(F)F)ccc1F. The van der Waals surface area contributed by atoms with E-state index < -0.39 is 35.1 Å². The van der Waals surface area contributed by atoms with Gasteiger partial charge in [0, 0.05) is 22.0 Å². The Kier molecular flexibility index (Phi) is 6.98. The van der Waals surface area contributed by atoms with Gasteiger partial charge in [-0.3, -0.25) is 9.89 Å². The van der Waals surface area contributed by atoms with Gasteiger partial charge in [-0.2, -0.15) is 29.6 Å². The van der Waals surface area contributed by atoms with Gasteiger partial charge >= 0.3 is 12.2 Å². The molecule has 204 valence electrons. The van der Waals surface area contributed by atoms with Gasteiger partial charge in [0.25, 0.3) is 5.91 Å². The van der Waals surface area contributed by atoms with Gasteiger partial charge < -0.3 is 16.0 Å². The largest absolute Gasteiger partial charge is 0.416 e. The van der Waals surface area contributed by atoms with E-state index in [4.69, 9.17) is 0 Å². The number of hydrogen-bond acceptors (Lipinski definition) is 4. The molecule has 5 rings (SSSR count). The molecule has 13 heteroatoms. The predicted octanol–water partition coefficient (Wildman–Crippen LogP) is 7.79. The number of thiophene rings is 1. The van der Waals surface area contributed by atoms with Crippen molar-refractivity contribution in [2.45, 2.75) is 13.1 Å². The predicted molar refractivity (Wildman–Crippen MR) is 143 cm³/mol. The lowest BCUT2D eigenvalue weighted by Gasteiger charge is -2.14. The second-order valence-corrected chi connectivity index (χ2v) is 9.47. The van der Waals surface area contributed by atoms with Crippen molar-refractivity contribution in [3.63, 3.8) is 0 Å². The number of H-pyrrole nitrogens is 1. The number of urea groups is 1. The van der Waals surface area contributed by atoms with Gasteiger partial charge in [-0.1, -0.05) is 12.1 Å². The maximum Gasteiger partial charge on any atom is 0.416 e. The van der Waals surface area contributed by atoms with Crippen molar-refractivity contribution in [3.05, 3.63) is 93.7 Å². The van der Waals surface area contributed by atoms with Crippen molar-refractivity contribution in [2.75, 3.05) is 16.0 Å². The molecule has 3 amide bonds. The maximum atomic E-state index is 15.4. The molecule has 0 saturated heterocycles. The molecule has 7 nitrogen and oxygen atoms in total. The first-order valence-corrected chi connectivity index (χ1v) is 12.5. The summed E-state index contributed by atoms with van der Waals surface area (Å²) in [5, 5.41) is 17.6. The number of nitrogens with zero attached hydrogens (tertiary/aromatic N) is 1. The molecule has 2 aromatic heterocycles. The Morgan fingerprint density at radius 1 is 0.925 bits per heavy atom. The summed E-state index contributed by atoms with van der Waals surface area (Å²) in [5.74, 6) is -1.85. The molecular formula is C27H18F5N5O2S. The summed E-state index contributed by atoms with van der Waals surface area (Å²) in [4.78, 5) is 24.7. The number of aromatic amines is 1. The standard InChI is InChI=1S/C27H18F5N5O2S/c1-13-10-14(2-7-20(13)33-26(39)34-21-11-16(27(30,31)32)3-6-19(21)28)17-4-5-18-23(22(17)29)36-37-24(18)35-25(38)15-8-9-40-12-15/h2-12H,1H3,(H2,33,34,39)(H2,35,36,37,38). The van der Waals surface area contributed by atoms with E-state index in [0.717, 1.165) is 0 Å². The van der Waals surface area contributed by atoms with E-state index in [9.17, 15) is 27.2 Å². The van der Waals surface area contributed by atoms with Crippen LogP contribution in [0, 0.1) is 18.6 Å². The molecule has 5 aromatic rings. The minimum Gasteiger partial charge on any atom is -0.307 e. The van der Waals surface area contributed by atoms with E-state index in [0.29, 0.717) is 40.3 Å². The van der Waals surface area contributed by atoms with Gasteiger partial charge in [-0.25, -0.2) is 13.6 Å². The third-order valence-corrected chi connectivity index (χ3v) is 6.70. The number of carbonyl (C=O) groups excluding carboxylic acids is 2. The highest BCUT2D eigenvalue weighted by Crippen LogP contribution is 2.34. The lowest BCUT2D eigenvalue weighted by Crippen LogP contribution is -2.21. The van der Waals surface area contributed by atoms with Crippen LogP contribution in [0.1, 0.15) is 21.5 Å². The van der Waals surface area contributed by atoms with E-state index >= 15 is 4.39 Å². The van der Waals surface area contributed by atoms with E-state index in [2.05, 4.69) is 26.1 Å². The first-order chi connectivity index (χ1) is 19.0. The van der Waals surface area contributed by atoms with E-state index in [-0.39, 0.29) is 28.5 Å². The number of fused-ring (bicyclic) bond motifs is 1. The number of anilines is 3. The monoisotopic (exact) mass is 571 g/mol. The van der Waals surface area contributed by atoms with Crippen LogP contribution in [0.5, 0.6) is 0 Å². The first kappa shape index (κ1) is 26.8. The molecule has 0 unspecified atom stereocenters. The molecule has 40 heavy (non-hydrogen) atoms. The highest BCUT2D eigenvalue weighted by molar-refractivity contribution is 7.08. The van der Waals surface area contributed by atoms with Crippen molar-refractivity contribution in [2.24, 2.45) is 0 Å². The fraction of sp³-hybridized carbons (Fsp3) is 0.0741. The van der Waals surface area contributed by atoms with Crippen LogP contribution in [0.3, 0.4) is 0 Å². The zero-order chi connectivity index (χ0) is 28.6. The maximum absolute atomic E-state index is 15.4. The minimum absolute atomic E-state index is 0.0838. The molecule has 0 spiro atoms.